The summed E-state index contributed by atoms with van der Waals surface area (Å²) in [5.74, 6) is -1.59. The topological polar surface area (TPSA) is 69.7 Å². The third-order valence-corrected chi connectivity index (χ3v) is 3.63. The van der Waals surface area contributed by atoms with Crippen molar-refractivity contribution in [3.63, 3.8) is 0 Å². The molecular weight excluding hydrogens is 296 g/mol. The minimum absolute atomic E-state index is 0.0587. The highest BCUT2D eigenvalue weighted by atomic mass is 16.5. The molecule has 1 saturated carbocycles. The van der Waals surface area contributed by atoms with Gasteiger partial charge in [-0.2, -0.15) is 0 Å². The Morgan fingerprint density at radius 1 is 0.957 bits per heavy atom. The fraction of sp³-hybridized carbons (Fsp3) is 0.389. The molecule has 0 bridgehead atoms. The number of hydrogen-bond acceptors (Lipinski definition) is 5. The van der Waals surface area contributed by atoms with E-state index in [2.05, 4.69) is 0 Å². The number of esters is 2. The average Bonchev–Trinajstić information content (AvgIpc) is 2.59. The molecule has 0 heterocycles. The van der Waals surface area contributed by atoms with Crippen LogP contribution in [0.5, 0.6) is 0 Å². The molecule has 2 rings (SSSR count). The molecule has 5 nitrogen and oxygen atoms in total. The summed E-state index contributed by atoms with van der Waals surface area (Å²) >= 11 is 0. The molecular formula is C18H20O5. The lowest BCUT2D eigenvalue weighted by Crippen LogP contribution is -2.20. The standard InChI is InChI=1S/C18H20O5/c19-16(14-7-3-1-4-8-14)13-22-17(20)11-12-18(21)23-15-9-5-2-6-10-15/h1,3-4,7-8,11-12,15H,2,5-6,9-10,13H2/b12-11+. The minimum Gasteiger partial charge on any atom is -0.459 e. The van der Waals surface area contributed by atoms with Crippen LogP contribution in [0.2, 0.25) is 0 Å². The van der Waals surface area contributed by atoms with Gasteiger partial charge in [0.2, 0.25) is 0 Å². The Labute approximate surface area is 135 Å². The van der Waals surface area contributed by atoms with E-state index in [1.165, 1.54) is 6.42 Å². The summed E-state index contributed by atoms with van der Waals surface area (Å²) in [5, 5.41) is 0. The van der Waals surface area contributed by atoms with Crippen LogP contribution in [0.3, 0.4) is 0 Å². The van der Waals surface area contributed by atoms with Gasteiger partial charge in [0.15, 0.2) is 12.4 Å². The largest absolute Gasteiger partial charge is 0.459 e. The Morgan fingerprint density at radius 3 is 2.30 bits per heavy atom. The van der Waals surface area contributed by atoms with Crippen molar-refractivity contribution in [2.24, 2.45) is 0 Å². The normalized spacial score (nSPS) is 15.3. The maximum Gasteiger partial charge on any atom is 0.331 e. The van der Waals surface area contributed by atoms with Crippen LogP contribution in [-0.2, 0) is 19.1 Å². The van der Waals surface area contributed by atoms with Gasteiger partial charge in [-0.3, -0.25) is 4.79 Å². The molecule has 0 aliphatic heterocycles. The van der Waals surface area contributed by atoms with Gasteiger partial charge in [-0.1, -0.05) is 36.8 Å². The Morgan fingerprint density at radius 2 is 1.61 bits per heavy atom. The number of ketones is 1. The highest BCUT2D eigenvalue weighted by Crippen LogP contribution is 2.20. The number of Topliss-reactive ketones (excluding diaryl/α,β-unsaturated/α-hetero) is 1. The zero-order valence-electron chi connectivity index (χ0n) is 12.9. The third kappa shape index (κ3) is 6.06. The van der Waals surface area contributed by atoms with Gasteiger partial charge in [-0.25, -0.2) is 9.59 Å². The first kappa shape index (κ1) is 16.9. The van der Waals surface area contributed by atoms with E-state index in [9.17, 15) is 14.4 Å². The monoisotopic (exact) mass is 316 g/mol. The molecule has 122 valence electrons. The molecule has 0 spiro atoms. The molecule has 1 aromatic carbocycles. The van der Waals surface area contributed by atoms with E-state index in [1.54, 1.807) is 30.3 Å². The molecule has 0 atom stereocenters. The van der Waals surface area contributed by atoms with Gasteiger partial charge in [0.05, 0.1) is 0 Å². The zero-order chi connectivity index (χ0) is 16.5. The second-order valence-corrected chi connectivity index (χ2v) is 5.43. The molecule has 1 aliphatic rings. The van der Waals surface area contributed by atoms with E-state index in [0.717, 1.165) is 37.8 Å². The van der Waals surface area contributed by atoms with Crippen LogP contribution in [-0.4, -0.2) is 30.4 Å². The average molecular weight is 316 g/mol. The second kappa shape index (κ2) is 8.88. The molecule has 0 radical (unpaired) electrons. The third-order valence-electron chi connectivity index (χ3n) is 3.63. The molecule has 1 aliphatic carbocycles. The SMILES string of the molecule is O=C(/C=C/C(=O)OC1CCCCC1)OCC(=O)c1ccccc1. The van der Waals surface area contributed by atoms with Crippen molar-refractivity contribution in [1.82, 2.24) is 0 Å². The van der Waals surface area contributed by atoms with Crippen molar-refractivity contribution in [3.8, 4) is 0 Å². The summed E-state index contributed by atoms with van der Waals surface area (Å²) in [6, 6.07) is 8.55. The summed E-state index contributed by atoms with van der Waals surface area (Å²) in [5.41, 5.74) is 0.473. The van der Waals surface area contributed by atoms with E-state index in [0.29, 0.717) is 5.56 Å². The quantitative estimate of drug-likeness (QED) is 0.458. The molecule has 1 fully saturated rings. The fourth-order valence-corrected chi connectivity index (χ4v) is 2.41. The first-order valence-electron chi connectivity index (χ1n) is 7.79. The van der Waals surface area contributed by atoms with E-state index in [4.69, 9.17) is 9.47 Å². The number of benzene rings is 1. The summed E-state index contributed by atoms with van der Waals surface area (Å²) in [6.45, 7) is -0.356. The molecule has 0 N–H and O–H groups in total. The van der Waals surface area contributed by atoms with Crippen LogP contribution in [0.15, 0.2) is 42.5 Å². The summed E-state index contributed by atoms with van der Waals surface area (Å²) in [7, 11) is 0. The smallest absolute Gasteiger partial charge is 0.331 e. The Kier molecular flexibility index (Phi) is 6.54. The van der Waals surface area contributed by atoms with Gasteiger partial charge in [-0.15, -0.1) is 0 Å². The van der Waals surface area contributed by atoms with E-state index in [-0.39, 0.29) is 18.5 Å². The van der Waals surface area contributed by atoms with Crippen LogP contribution < -0.4 is 0 Å². The number of ether oxygens (including phenoxy) is 2. The first-order valence-corrected chi connectivity index (χ1v) is 7.79. The molecule has 23 heavy (non-hydrogen) atoms. The van der Waals surface area contributed by atoms with Crippen molar-refractivity contribution in [3.05, 3.63) is 48.0 Å². The molecule has 5 heteroatoms. The van der Waals surface area contributed by atoms with Crippen molar-refractivity contribution in [2.45, 2.75) is 38.2 Å². The first-order chi connectivity index (χ1) is 11.1. The van der Waals surface area contributed by atoms with E-state index < -0.39 is 11.9 Å². The van der Waals surface area contributed by atoms with Crippen molar-refractivity contribution >= 4 is 17.7 Å². The number of carbonyl (C=O) groups is 3. The second-order valence-electron chi connectivity index (χ2n) is 5.43. The molecule has 0 unspecified atom stereocenters. The lowest BCUT2D eigenvalue weighted by atomic mass is 9.98. The lowest BCUT2D eigenvalue weighted by Gasteiger charge is -2.20. The van der Waals surface area contributed by atoms with Crippen molar-refractivity contribution in [2.75, 3.05) is 6.61 Å². The number of hydrogen-bond donors (Lipinski definition) is 0. The molecule has 1 aromatic rings. The van der Waals surface area contributed by atoms with Crippen LogP contribution in [0.4, 0.5) is 0 Å². The minimum atomic E-state index is -0.741. The Hall–Kier alpha value is -2.43. The van der Waals surface area contributed by atoms with Crippen LogP contribution in [0.25, 0.3) is 0 Å². The lowest BCUT2D eigenvalue weighted by molar-refractivity contribution is -0.145. The van der Waals surface area contributed by atoms with Crippen molar-refractivity contribution < 1.29 is 23.9 Å². The Bertz CT molecular complexity index is 570. The van der Waals surface area contributed by atoms with Gasteiger partial charge >= 0.3 is 11.9 Å². The van der Waals surface area contributed by atoms with Gasteiger partial charge < -0.3 is 9.47 Å². The zero-order valence-corrected chi connectivity index (χ0v) is 12.9. The highest BCUT2D eigenvalue weighted by Gasteiger charge is 2.16. The predicted molar refractivity (Wildman–Crippen MR) is 83.8 cm³/mol. The van der Waals surface area contributed by atoms with Gasteiger partial charge in [-0.05, 0) is 25.7 Å². The summed E-state index contributed by atoms with van der Waals surface area (Å²) in [6.07, 6.45) is 7.01. The Balaban J connectivity index is 1.71. The van der Waals surface area contributed by atoms with Crippen molar-refractivity contribution in [1.29, 1.82) is 0 Å². The molecule has 0 amide bonds. The maximum atomic E-state index is 11.8. The molecule has 0 aromatic heterocycles. The highest BCUT2D eigenvalue weighted by molar-refractivity contribution is 5.99. The van der Waals surface area contributed by atoms with Gasteiger partial charge in [0, 0.05) is 17.7 Å². The van der Waals surface area contributed by atoms with Crippen LogP contribution >= 0.6 is 0 Å². The van der Waals surface area contributed by atoms with Gasteiger partial charge in [0.1, 0.15) is 6.10 Å². The summed E-state index contributed by atoms with van der Waals surface area (Å²) in [4.78, 5) is 34.9. The van der Waals surface area contributed by atoms with Crippen LogP contribution in [0, 0.1) is 0 Å². The van der Waals surface area contributed by atoms with Crippen LogP contribution in [0.1, 0.15) is 42.5 Å². The molecule has 0 saturated heterocycles. The van der Waals surface area contributed by atoms with E-state index in [1.807, 2.05) is 0 Å². The van der Waals surface area contributed by atoms with Gasteiger partial charge in [0.25, 0.3) is 0 Å². The maximum absolute atomic E-state index is 11.8. The summed E-state index contributed by atoms with van der Waals surface area (Å²) < 4.78 is 10.1. The number of carbonyl (C=O) groups excluding carboxylic acids is 3. The fourth-order valence-electron chi connectivity index (χ4n) is 2.41. The number of rotatable bonds is 6. The predicted octanol–water partition coefficient (Wildman–Crippen LogP) is 2.84. The van der Waals surface area contributed by atoms with E-state index >= 15 is 0 Å².